The van der Waals surface area contributed by atoms with Crippen molar-refractivity contribution in [2.75, 3.05) is 6.54 Å². The highest BCUT2D eigenvalue weighted by molar-refractivity contribution is 5.35. The van der Waals surface area contributed by atoms with Crippen LogP contribution in [0.1, 0.15) is 25.5 Å². The fourth-order valence-corrected chi connectivity index (χ4v) is 1.63. The summed E-state index contributed by atoms with van der Waals surface area (Å²) in [5, 5.41) is 13.1. The molecule has 1 aromatic rings. The summed E-state index contributed by atoms with van der Waals surface area (Å²) >= 11 is 0. The fourth-order valence-electron chi connectivity index (χ4n) is 1.63. The molecule has 0 heterocycles. The third-order valence-electron chi connectivity index (χ3n) is 2.45. The Kier molecular flexibility index (Phi) is 5.31. The molecule has 17 heavy (non-hydrogen) atoms. The third-order valence-corrected chi connectivity index (χ3v) is 2.45. The average molecular weight is 245 g/mol. The monoisotopic (exact) mass is 245 g/mol. The summed E-state index contributed by atoms with van der Waals surface area (Å²) in [4.78, 5) is 0. The first-order valence-corrected chi connectivity index (χ1v) is 5.51. The molecule has 0 aromatic heterocycles. The Balaban J connectivity index is 2.88. The van der Waals surface area contributed by atoms with Crippen LogP contribution in [0.15, 0.2) is 24.3 Å². The maximum Gasteiger partial charge on any atom is 0.387 e. The van der Waals surface area contributed by atoms with Crippen LogP contribution in [0.25, 0.3) is 0 Å². The lowest BCUT2D eigenvalue weighted by Crippen LogP contribution is -2.32. The maximum absolute atomic E-state index is 12.2. The second kappa shape index (κ2) is 6.51. The zero-order valence-electron chi connectivity index (χ0n) is 9.86. The largest absolute Gasteiger partial charge is 0.434 e. The summed E-state index contributed by atoms with van der Waals surface area (Å²) < 4.78 is 28.8. The number of alkyl halides is 2. The molecular formula is C12H17F2NO2. The van der Waals surface area contributed by atoms with Crippen molar-refractivity contribution in [3.05, 3.63) is 29.8 Å². The molecule has 0 fully saturated rings. The molecule has 5 heteroatoms. The van der Waals surface area contributed by atoms with E-state index in [1.807, 2.05) is 6.92 Å². The van der Waals surface area contributed by atoms with Gasteiger partial charge in [0.1, 0.15) is 5.75 Å². The molecule has 2 N–H and O–H groups in total. The zero-order valence-corrected chi connectivity index (χ0v) is 9.86. The van der Waals surface area contributed by atoms with Crippen LogP contribution in [0.5, 0.6) is 5.75 Å². The molecule has 0 aliphatic heterocycles. The van der Waals surface area contributed by atoms with E-state index in [0.717, 1.165) is 0 Å². The number of aliphatic hydroxyl groups excluding tert-OH is 1. The zero-order chi connectivity index (χ0) is 12.8. The van der Waals surface area contributed by atoms with Crippen LogP contribution in [0.2, 0.25) is 0 Å². The van der Waals surface area contributed by atoms with Gasteiger partial charge < -0.3 is 15.2 Å². The summed E-state index contributed by atoms with van der Waals surface area (Å²) in [5.74, 6) is 0.0137. The van der Waals surface area contributed by atoms with E-state index in [0.29, 0.717) is 12.1 Å². The minimum atomic E-state index is -2.89. The van der Waals surface area contributed by atoms with Gasteiger partial charge in [-0.05, 0) is 19.5 Å². The van der Waals surface area contributed by atoms with E-state index in [-0.39, 0.29) is 11.8 Å². The standard InChI is InChI=1S/C12H17F2NO2/c1-3-15-8(2)11(16)9-6-4-5-7-10(9)17-12(13)14/h4-8,11-12,15-16H,3H2,1-2H3. The first kappa shape index (κ1) is 13.9. The predicted molar refractivity (Wildman–Crippen MR) is 61.2 cm³/mol. The van der Waals surface area contributed by atoms with E-state index in [1.54, 1.807) is 25.1 Å². The van der Waals surface area contributed by atoms with Crippen molar-refractivity contribution < 1.29 is 18.6 Å². The number of aliphatic hydroxyl groups is 1. The van der Waals surface area contributed by atoms with Gasteiger partial charge in [0.2, 0.25) is 0 Å². The first-order valence-electron chi connectivity index (χ1n) is 5.51. The summed E-state index contributed by atoms with van der Waals surface area (Å²) in [7, 11) is 0. The van der Waals surface area contributed by atoms with Gasteiger partial charge in [0.25, 0.3) is 0 Å². The quantitative estimate of drug-likeness (QED) is 0.808. The van der Waals surface area contributed by atoms with Gasteiger partial charge in [0, 0.05) is 11.6 Å². The highest BCUT2D eigenvalue weighted by Gasteiger charge is 2.20. The van der Waals surface area contributed by atoms with Gasteiger partial charge >= 0.3 is 6.61 Å². The van der Waals surface area contributed by atoms with Crippen LogP contribution >= 0.6 is 0 Å². The molecule has 0 amide bonds. The Hall–Kier alpha value is -1.20. The van der Waals surface area contributed by atoms with Crippen LogP contribution in [-0.2, 0) is 0 Å². The van der Waals surface area contributed by atoms with Crippen molar-refractivity contribution in [3.63, 3.8) is 0 Å². The van der Waals surface area contributed by atoms with Gasteiger partial charge in [-0.3, -0.25) is 0 Å². The number of hydrogen-bond donors (Lipinski definition) is 2. The van der Waals surface area contributed by atoms with E-state index in [4.69, 9.17) is 0 Å². The molecule has 2 atom stereocenters. The van der Waals surface area contributed by atoms with Gasteiger partial charge in [-0.2, -0.15) is 8.78 Å². The predicted octanol–water partition coefficient (Wildman–Crippen LogP) is 2.32. The van der Waals surface area contributed by atoms with Gasteiger partial charge in [0.05, 0.1) is 6.10 Å². The van der Waals surface area contributed by atoms with Gasteiger partial charge in [-0.25, -0.2) is 0 Å². The lowest BCUT2D eigenvalue weighted by molar-refractivity contribution is -0.0518. The number of ether oxygens (including phenoxy) is 1. The highest BCUT2D eigenvalue weighted by Crippen LogP contribution is 2.28. The summed E-state index contributed by atoms with van der Waals surface area (Å²) in [6.45, 7) is 1.49. The Bertz CT molecular complexity index is 347. The smallest absolute Gasteiger partial charge is 0.387 e. The van der Waals surface area contributed by atoms with E-state index in [1.165, 1.54) is 6.07 Å². The Morgan fingerprint density at radius 3 is 2.59 bits per heavy atom. The van der Waals surface area contributed by atoms with Gasteiger partial charge in [-0.1, -0.05) is 25.1 Å². The van der Waals surface area contributed by atoms with Crippen molar-refractivity contribution in [3.8, 4) is 5.75 Å². The Labute approximate surface area is 99.4 Å². The normalized spacial score (nSPS) is 14.7. The van der Waals surface area contributed by atoms with Crippen LogP contribution in [0, 0.1) is 0 Å². The van der Waals surface area contributed by atoms with Crippen LogP contribution in [0.4, 0.5) is 8.78 Å². The van der Waals surface area contributed by atoms with Crippen molar-refractivity contribution in [2.24, 2.45) is 0 Å². The van der Waals surface area contributed by atoms with Crippen molar-refractivity contribution >= 4 is 0 Å². The molecule has 0 spiro atoms. The third kappa shape index (κ3) is 3.94. The molecule has 0 aliphatic carbocycles. The number of benzene rings is 1. The highest BCUT2D eigenvalue weighted by atomic mass is 19.3. The SMILES string of the molecule is CCNC(C)C(O)c1ccccc1OC(F)F. The molecule has 96 valence electrons. The number of nitrogens with one attached hydrogen (secondary N) is 1. The summed E-state index contributed by atoms with van der Waals surface area (Å²) in [5.41, 5.74) is 0.362. The Morgan fingerprint density at radius 2 is 2.00 bits per heavy atom. The summed E-state index contributed by atoms with van der Waals surface area (Å²) in [6, 6.07) is 6.03. The van der Waals surface area contributed by atoms with E-state index < -0.39 is 12.7 Å². The van der Waals surface area contributed by atoms with Crippen molar-refractivity contribution in [1.82, 2.24) is 5.32 Å². The van der Waals surface area contributed by atoms with E-state index in [2.05, 4.69) is 10.1 Å². The summed E-state index contributed by atoms with van der Waals surface area (Å²) in [6.07, 6.45) is -0.884. The van der Waals surface area contributed by atoms with Crippen LogP contribution in [0.3, 0.4) is 0 Å². The molecule has 1 rings (SSSR count). The van der Waals surface area contributed by atoms with Crippen molar-refractivity contribution in [2.45, 2.75) is 32.6 Å². The van der Waals surface area contributed by atoms with Crippen LogP contribution in [-0.4, -0.2) is 24.3 Å². The molecule has 0 saturated carbocycles. The minimum absolute atomic E-state index is 0.0137. The van der Waals surface area contributed by atoms with Gasteiger partial charge in [-0.15, -0.1) is 0 Å². The number of hydrogen-bond acceptors (Lipinski definition) is 3. The lowest BCUT2D eigenvalue weighted by Gasteiger charge is -2.22. The molecule has 0 aliphatic rings. The molecule has 0 bridgehead atoms. The van der Waals surface area contributed by atoms with Crippen LogP contribution < -0.4 is 10.1 Å². The maximum atomic E-state index is 12.2. The average Bonchev–Trinajstić information content (AvgIpc) is 2.28. The first-order chi connectivity index (χ1) is 8.06. The van der Waals surface area contributed by atoms with E-state index >= 15 is 0 Å². The molecular weight excluding hydrogens is 228 g/mol. The van der Waals surface area contributed by atoms with Crippen molar-refractivity contribution in [1.29, 1.82) is 0 Å². The molecule has 2 unspecified atom stereocenters. The second-order valence-electron chi connectivity index (χ2n) is 3.71. The molecule has 0 radical (unpaired) electrons. The minimum Gasteiger partial charge on any atom is -0.434 e. The lowest BCUT2D eigenvalue weighted by atomic mass is 10.0. The number of halogens is 2. The molecule has 1 aromatic carbocycles. The Morgan fingerprint density at radius 1 is 1.35 bits per heavy atom. The molecule has 0 saturated heterocycles. The van der Waals surface area contributed by atoms with E-state index in [9.17, 15) is 13.9 Å². The topological polar surface area (TPSA) is 41.5 Å². The fraction of sp³-hybridized carbons (Fsp3) is 0.500. The van der Waals surface area contributed by atoms with Gasteiger partial charge in [0.15, 0.2) is 0 Å². The number of para-hydroxylation sites is 1. The number of rotatable bonds is 6. The second-order valence-corrected chi connectivity index (χ2v) is 3.71. The number of likely N-dealkylation sites (N-methyl/N-ethyl adjacent to an activating group) is 1. The molecule has 3 nitrogen and oxygen atoms in total.